The van der Waals surface area contributed by atoms with Gasteiger partial charge in [-0.05, 0) is 60.4 Å². The molecule has 0 atom stereocenters. The van der Waals surface area contributed by atoms with Gasteiger partial charge in [-0.2, -0.15) is 0 Å². The van der Waals surface area contributed by atoms with Crippen molar-refractivity contribution >= 4 is 17.7 Å². The maximum atomic E-state index is 12.7. The van der Waals surface area contributed by atoms with Crippen LogP contribution in [0, 0.1) is 0 Å². The van der Waals surface area contributed by atoms with E-state index in [0.29, 0.717) is 29.0 Å². The highest BCUT2D eigenvalue weighted by molar-refractivity contribution is 5.96. The third-order valence-corrected chi connectivity index (χ3v) is 5.76. The van der Waals surface area contributed by atoms with Crippen LogP contribution in [-0.2, 0) is 13.2 Å². The molecule has 3 aromatic rings. The molecule has 3 amide bonds. The molecule has 1 aliphatic rings. The predicted molar refractivity (Wildman–Crippen MR) is 128 cm³/mol. The van der Waals surface area contributed by atoms with Crippen LogP contribution in [0.1, 0.15) is 55.0 Å². The Bertz CT molecular complexity index is 1200. The lowest BCUT2D eigenvalue weighted by atomic mass is 10.1. The molecule has 1 heterocycles. The zero-order chi connectivity index (χ0) is 23.9. The molecule has 34 heavy (non-hydrogen) atoms. The maximum Gasteiger partial charge on any atom is 0.253 e. The highest BCUT2D eigenvalue weighted by atomic mass is 16.5. The summed E-state index contributed by atoms with van der Waals surface area (Å²) < 4.78 is 5.76. The summed E-state index contributed by atoms with van der Waals surface area (Å²) >= 11 is 0. The van der Waals surface area contributed by atoms with Crippen LogP contribution in [0.15, 0.2) is 72.8 Å². The molecule has 0 aromatic heterocycles. The van der Waals surface area contributed by atoms with Crippen LogP contribution >= 0.6 is 0 Å². The van der Waals surface area contributed by atoms with Crippen LogP contribution in [0.5, 0.6) is 5.75 Å². The molecule has 0 spiro atoms. The van der Waals surface area contributed by atoms with Gasteiger partial charge in [-0.15, -0.1) is 0 Å². The topological polar surface area (TPSA) is 102 Å². The van der Waals surface area contributed by atoms with Crippen LogP contribution in [0.2, 0.25) is 0 Å². The lowest BCUT2D eigenvalue weighted by Crippen LogP contribution is -2.28. The lowest BCUT2D eigenvalue weighted by Gasteiger charge is -2.15. The Labute approximate surface area is 198 Å². The number of rotatable bonds is 8. The zero-order valence-electron chi connectivity index (χ0n) is 18.8. The van der Waals surface area contributed by atoms with Gasteiger partial charge >= 0.3 is 0 Å². The van der Waals surface area contributed by atoms with Gasteiger partial charge in [0.2, 0.25) is 0 Å². The van der Waals surface area contributed by atoms with E-state index in [9.17, 15) is 14.4 Å². The van der Waals surface area contributed by atoms with E-state index >= 15 is 0 Å². The molecule has 3 aromatic carbocycles. The van der Waals surface area contributed by atoms with Crippen molar-refractivity contribution in [1.82, 2.24) is 10.2 Å². The van der Waals surface area contributed by atoms with Crippen molar-refractivity contribution in [3.05, 3.63) is 101 Å². The molecule has 0 radical (unpaired) electrons. The van der Waals surface area contributed by atoms with Crippen LogP contribution < -0.4 is 15.8 Å². The second-order valence-electron chi connectivity index (χ2n) is 8.23. The van der Waals surface area contributed by atoms with E-state index in [1.165, 1.54) is 0 Å². The molecule has 7 nitrogen and oxygen atoms in total. The summed E-state index contributed by atoms with van der Waals surface area (Å²) in [5, 5.41) is 2.91. The van der Waals surface area contributed by atoms with E-state index in [4.69, 9.17) is 10.5 Å². The van der Waals surface area contributed by atoms with Gasteiger partial charge in [-0.25, -0.2) is 0 Å². The fraction of sp³-hybridized carbons (Fsp3) is 0.222. The molecule has 0 aliphatic carbocycles. The van der Waals surface area contributed by atoms with Gasteiger partial charge in [0.1, 0.15) is 12.4 Å². The Kier molecular flexibility index (Phi) is 7.22. The van der Waals surface area contributed by atoms with Crippen molar-refractivity contribution in [2.24, 2.45) is 5.73 Å². The normalized spacial score (nSPS) is 12.9. The van der Waals surface area contributed by atoms with Gasteiger partial charge in [0.15, 0.2) is 0 Å². The first-order chi connectivity index (χ1) is 16.5. The van der Waals surface area contributed by atoms with E-state index in [-0.39, 0.29) is 18.4 Å². The Balaban J connectivity index is 1.36. The Morgan fingerprint density at radius 1 is 0.853 bits per heavy atom. The van der Waals surface area contributed by atoms with Crippen molar-refractivity contribution in [1.29, 1.82) is 0 Å². The summed E-state index contributed by atoms with van der Waals surface area (Å²) in [5.41, 5.74) is 8.48. The molecule has 7 heteroatoms. The maximum absolute atomic E-state index is 12.7. The number of carbonyl (C=O) groups excluding carboxylic acids is 3. The molecule has 0 unspecified atom stereocenters. The van der Waals surface area contributed by atoms with E-state index < -0.39 is 5.91 Å². The Hall–Kier alpha value is -4.13. The minimum absolute atomic E-state index is 0.0382. The largest absolute Gasteiger partial charge is 0.488 e. The molecule has 0 saturated carbocycles. The molecule has 174 valence electrons. The summed E-state index contributed by atoms with van der Waals surface area (Å²) in [4.78, 5) is 38.8. The van der Waals surface area contributed by atoms with Crippen LogP contribution in [-0.4, -0.2) is 35.7 Å². The number of benzene rings is 3. The van der Waals surface area contributed by atoms with Crippen molar-refractivity contribution in [2.75, 3.05) is 13.1 Å². The highest BCUT2D eigenvalue weighted by Crippen LogP contribution is 2.19. The number of nitrogens with zero attached hydrogens (tertiary/aromatic N) is 1. The van der Waals surface area contributed by atoms with Gasteiger partial charge < -0.3 is 20.7 Å². The number of para-hydroxylation sites is 1. The van der Waals surface area contributed by atoms with Gasteiger partial charge in [-0.1, -0.05) is 36.4 Å². The minimum atomic E-state index is -0.560. The first-order valence-corrected chi connectivity index (χ1v) is 11.3. The summed E-state index contributed by atoms with van der Waals surface area (Å²) in [6.45, 7) is 2.10. The van der Waals surface area contributed by atoms with Gasteiger partial charge in [0, 0.05) is 30.8 Å². The van der Waals surface area contributed by atoms with Crippen molar-refractivity contribution in [2.45, 2.75) is 26.0 Å². The number of nitrogens with two attached hydrogens (primary N) is 1. The first-order valence-electron chi connectivity index (χ1n) is 11.3. The molecule has 1 fully saturated rings. The van der Waals surface area contributed by atoms with Crippen LogP contribution in [0.3, 0.4) is 0 Å². The standard InChI is InChI=1S/C27H27N3O4/c28-25(31)23-11-1-2-12-24(23)34-18-20-8-6-9-21(16-20)26(32)29-17-19-7-5-10-22(15-19)27(33)30-13-3-4-14-30/h1-2,5-12,15-16H,3-4,13-14,17-18H2,(H2,28,31)(H,29,32). The number of hydrogen-bond acceptors (Lipinski definition) is 4. The third kappa shape index (κ3) is 5.61. The summed E-state index contributed by atoms with van der Waals surface area (Å²) in [6.07, 6.45) is 2.09. The van der Waals surface area contributed by atoms with E-state index in [2.05, 4.69) is 5.32 Å². The van der Waals surface area contributed by atoms with Crippen molar-refractivity contribution in [3.8, 4) is 5.75 Å². The van der Waals surface area contributed by atoms with E-state index in [1.807, 2.05) is 35.2 Å². The smallest absolute Gasteiger partial charge is 0.253 e. The summed E-state index contributed by atoms with van der Waals surface area (Å²) in [5.74, 6) is -0.352. The molecular formula is C27H27N3O4. The molecule has 1 saturated heterocycles. The SMILES string of the molecule is NC(=O)c1ccccc1OCc1cccc(C(=O)NCc2cccc(C(=O)N3CCCC3)c2)c1. The number of primary amides is 1. The number of hydrogen-bond donors (Lipinski definition) is 2. The second kappa shape index (κ2) is 10.7. The first kappa shape index (κ1) is 23.0. The van der Waals surface area contributed by atoms with E-state index in [1.54, 1.807) is 42.5 Å². The molecule has 1 aliphatic heterocycles. The van der Waals surface area contributed by atoms with Crippen molar-refractivity contribution in [3.63, 3.8) is 0 Å². The quantitative estimate of drug-likeness (QED) is 0.540. The molecule has 0 bridgehead atoms. The van der Waals surface area contributed by atoms with Gasteiger partial charge in [0.25, 0.3) is 17.7 Å². The average Bonchev–Trinajstić information content (AvgIpc) is 3.41. The number of amides is 3. The summed E-state index contributed by atoms with van der Waals surface area (Å²) in [6, 6.07) is 21.2. The molecule has 3 N–H and O–H groups in total. The Morgan fingerprint density at radius 3 is 2.29 bits per heavy atom. The number of likely N-dealkylation sites (tertiary alicyclic amines) is 1. The molecular weight excluding hydrogens is 430 g/mol. The number of ether oxygens (including phenoxy) is 1. The number of nitrogens with one attached hydrogen (secondary N) is 1. The fourth-order valence-electron chi connectivity index (χ4n) is 3.96. The van der Waals surface area contributed by atoms with Gasteiger partial charge in [0.05, 0.1) is 5.56 Å². The minimum Gasteiger partial charge on any atom is -0.488 e. The predicted octanol–water partition coefficient (Wildman–Crippen LogP) is 3.53. The fourth-order valence-corrected chi connectivity index (χ4v) is 3.96. The van der Waals surface area contributed by atoms with Crippen molar-refractivity contribution < 1.29 is 19.1 Å². The molecule has 4 rings (SSSR count). The van der Waals surface area contributed by atoms with Gasteiger partial charge in [-0.3, -0.25) is 14.4 Å². The van der Waals surface area contributed by atoms with Crippen LogP contribution in [0.25, 0.3) is 0 Å². The monoisotopic (exact) mass is 457 g/mol. The third-order valence-electron chi connectivity index (χ3n) is 5.76. The lowest BCUT2D eigenvalue weighted by molar-refractivity contribution is 0.0792. The Morgan fingerprint density at radius 2 is 1.53 bits per heavy atom. The average molecular weight is 458 g/mol. The summed E-state index contributed by atoms with van der Waals surface area (Å²) in [7, 11) is 0. The second-order valence-corrected chi connectivity index (χ2v) is 8.23. The van der Waals surface area contributed by atoms with E-state index in [0.717, 1.165) is 37.1 Å². The highest BCUT2D eigenvalue weighted by Gasteiger charge is 2.19. The number of carbonyl (C=O) groups is 3. The zero-order valence-corrected chi connectivity index (χ0v) is 18.8. The van der Waals surface area contributed by atoms with Crippen LogP contribution in [0.4, 0.5) is 0 Å².